The van der Waals surface area contributed by atoms with Gasteiger partial charge in [0.15, 0.2) is 6.10 Å². The van der Waals surface area contributed by atoms with E-state index in [-0.39, 0.29) is 32.2 Å². The standard InChI is InChI=1S/C67H109NO8/c1-6-8-10-12-14-16-18-19-20-21-22-23-24-25-26-27-28-29-30-31-32-33-34-35-36-37-38-39-40-41-42-43-44-45-46-47-48-50-52-54-56-58-65(70)76-63(62-75-67(66(71)72)73-60-59-68(3,4)5)61-74-64(69)57-55-53-51-49-17-15-13-11-9-7-2/h8,10,14,16,19-20,22-23,25-26,28-29,31-32,34-35,37-38,40-41,43-44,63,67H,6-7,9,11-13,15,17-18,21,24,27,30,33,36,39,42,45-62H2,1-5H3/p+1/b10-8-,16-14-,20-19-,23-22-,26-25-,29-28-,32-31-,35-34-,38-37-,41-40-,44-43-. The normalized spacial score (nSPS) is 13.8. The molecule has 2 unspecified atom stereocenters. The number of hydrogen-bond acceptors (Lipinski definition) is 7. The number of carbonyl (C=O) groups excluding carboxylic acids is 2. The molecule has 0 fully saturated rings. The lowest BCUT2D eigenvalue weighted by molar-refractivity contribution is -0.870. The number of carboxylic acids is 1. The van der Waals surface area contributed by atoms with E-state index in [0.29, 0.717) is 23.9 Å². The zero-order valence-electron chi connectivity index (χ0n) is 48.9. The van der Waals surface area contributed by atoms with Crippen LogP contribution in [-0.4, -0.2) is 87.4 Å². The molecule has 0 aliphatic carbocycles. The zero-order valence-corrected chi connectivity index (χ0v) is 48.9. The van der Waals surface area contributed by atoms with Crippen molar-refractivity contribution in [2.75, 3.05) is 47.5 Å². The summed E-state index contributed by atoms with van der Waals surface area (Å²) in [6.07, 6.45) is 78.4. The fourth-order valence-corrected chi connectivity index (χ4v) is 7.60. The maximum absolute atomic E-state index is 12.8. The van der Waals surface area contributed by atoms with Gasteiger partial charge in [-0.1, -0.05) is 237 Å². The van der Waals surface area contributed by atoms with Gasteiger partial charge in [0.05, 0.1) is 34.4 Å². The molecule has 9 heteroatoms. The Morgan fingerprint density at radius 3 is 1.12 bits per heavy atom. The lowest BCUT2D eigenvalue weighted by Crippen LogP contribution is -2.40. The van der Waals surface area contributed by atoms with Crippen LogP contribution in [0.3, 0.4) is 0 Å². The van der Waals surface area contributed by atoms with Gasteiger partial charge in [-0.25, -0.2) is 4.79 Å². The molecule has 0 bridgehead atoms. The van der Waals surface area contributed by atoms with Gasteiger partial charge in [-0.2, -0.15) is 0 Å². The Balaban J connectivity index is 4.14. The molecule has 2 atom stereocenters. The number of rotatable bonds is 53. The number of carboxylic acid groups (broad SMARTS) is 1. The summed E-state index contributed by atoms with van der Waals surface area (Å²) in [5.74, 6) is -2.03. The maximum atomic E-state index is 12.8. The third-order valence-corrected chi connectivity index (χ3v) is 12.2. The van der Waals surface area contributed by atoms with Crippen molar-refractivity contribution >= 4 is 17.9 Å². The molecule has 9 nitrogen and oxygen atoms in total. The number of nitrogens with zero attached hydrogens (tertiary/aromatic N) is 1. The van der Waals surface area contributed by atoms with Crippen LogP contribution in [0.4, 0.5) is 0 Å². The van der Waals surface area contributed by atoms with Gasteiger partial charge in [-0.15, -0.1) is 0 Å². The van der Waals surface area contributed by atoms with Crippen LogP contribution in [0.15, 0.2) is 134 Å². The van der Waals surface area contributed by atoms with E-state index in [0.717, 1.165) is 116 Å². The highest BCUT2D eigenvalue weighted by atomic mass is 16.7. The van der Waals surface area contributed by atoms with Crippen LogP contribution in [-0.2, 0) is 33.3 Å². The average molecular weight is 1060 g/mol. The maximum Gasteiger partial charge on any atom is 0.361 e. The van der Waals surface area contributed by atoms with E-state index < -0.39 is 24.3 Å². The molecule has 0 rings (SSSR count). The van der Waals surface area contributed by atoms with Crippen molar-refractivity contribution in [2.24, 2.45) is 0 Å². The Morgan fingerprint density at radius 1 is 0.408 bits per heavy atom. The van der Waals surface area contributed by atoms with Crippen LogP contribution in [0, 0.1) is 0 Å². The predicted octanol–water partition coefficient (Wildman–Crippen LogP) is 17.8. The minimum atomic E-state index is -1.52. The van der Waals surface area contributed by atoms with E-state index in [4.69, 9.17) is 18.9 Å². The molecule has 0 aliphatic heterocycles. The summed E-state index contributed by atoms with van der Waals surface area (Å²) in [4.78, 5) is 37.2. The summed E-state index contributed by atoms with van der Waals surface area (Å²) in [5, 5.41) is 9.67. The van der Waals surface area contributed by atoms with Crippen molar-refractivity contribution in [2.45, 2.75) is 225 Å². The molecule has 0 heterocycles. The number of esters is 2. The molecule has 1 N–H and O–H groups in total. The van der Waals surface area contributed by atoms with Crippen LogP contribution in [0.2, 0.25) is 0 Å². The van der Waals surface area contributed by atoms with Crippen LogP contribution < -0.4 is 0 Å². The van der Waals surface area contributed by atoms with Gasteiger partial charge < -0.3 is 28.5 Å². The largest absolute Gasteiger partial charge is 0.477 e. The summed E-state index contributed by atoms with van der Waals surface area (Å²) in [7, 11) is 5.95. The molecule has 0 aromatic heterocycles. The number of unbranched alkanes of at least 4 members (excludes halogenated alkanes) is 16. The smallest absolute Gasteiger partial charge is 0.361 e. The molecule has 430 valence electrons. The first-order chi connectivity index (χ1) is 37.1. The molecule has 0 aliphatic rings. The monoisotopic (exact) mass is 1060 g/mol. The Labute approximate surface area is 465 Å². The Morgan fingerprint density at radius 2 is 0.750 bits per heavy atom. The average Bonchev–Trinajstić information content (AvgIpc) is 3.39. The summed E-state index contributed by atoms with van der Waals surface area (Å²) in [6, 6.07) is 0. The lowest BCUT2D eigenvalue weighted by Gasteiger charge is -2.25. The third kappa shape index (κ3) is 57.1. The Bertz CT molecular complexity index is 1700. The number of ether oxygens (including phenoxy) is 4. The van der Waals surface area contributed by atoms with Gasteiger partial charge in [0, 0.05) is 12.8 Å². The number of aliphatic carboxylic acids is 1. The van der Waals surface area contributed by atoms with E-state index >= 15 is 0 Å². The molecule has 0 radical (unpaired) electrons. The van der Waals surface area contributed by atoms with Gasteiger partial charge in [-0.05, 0) is 96.3 Å². The highest BCUT2D eigenvalue weighted by molar-refractivity contribution is 5.71. The summed E-state index contributed by atoms with van der Waals surface area (Å²) in [6.45, 7) is 4.71. The predicted molar refractivity (Wildman–Crippen MR) is 322 cm³/mol. The van der Waals surface area contributed by atoms with E-state index in [1.165, 1.54) is 64.2 Å². The molecule has 0 amide bonds. The number of quaternary nitrogens is 1. The SMILES string of the molecule is CC/C=C\C/C=C\C/C=C\C/C=C\C/C=C\C/C=C\C/C=C\C/C=C\C/C=C\C/C=C\C/C=C\CCCCCCCCCC(=O)OC(COC(=O)CCCCCCCCCCCC)COC(OCC[N+](C)(C)C)C(=O)O. The third-order valence-electron chi connectivity index (χ3n) is 12.2. The first-order valence-corrected chi connectivity index (χ1v) is 29.8. The van der Waals surface area contributed by atoms with E-state index in [1.54, 1.807) is 0 Å². The number of carbonyl (C=O) groups is 3. The molecular weight excluding hydrogens is 947 g/mol. The van der Waals surface area contributed by atoms with Crippen molar-refractivity contribution in [3.63, 3.8) is 0 Å². The zero-order chi connectivity index (χ0) is 55.5. The molecular formula is C67H110NO8+. The van der Waals surface area contributed by atoms with Crippen molar-refractivity contribution < 1.29 is 42.9 Å². The lowest BCUT2D eigenvalue weighted by atomic mass is 10.1. The van der Waals surface area contributed by atoms with E-state index in [2.05, 4.69) is 148 Å². The first-order valence-electron chi connectivity index (χ1n) is 29.8. The quantitative estimate of drug-likeness (QED) is 0.0211. The molecule has 76 heavy (non-hydrogen) atoms. The van der Waals surface area contributed by atoms with Crippen LogP contribution >= 0.6 is 0 Å². The summed E-state index contributed by atoms with van der Waals surface area (Å²) < 4.78 is 22.8. The van der Waals surface area contributed by atoms with E-state index in [9.17, 15) is 19.5 Å². The second-order valence-corrected chi connectivity index (χ2v) is 20.6. The van der Waals surface area contributed by atoms with Crippen LogP contribution in [0.5, 0.6) is 0 Å². The minimum Gasteiger partial charge on any atom is -0.477 e. The topological polar surface area (TPSA) is 108 Å². The molecule has 0 saturated heterocycles. The van der Waals surface area contributed by atoms with E-state index in [1.807, 2.05) is 21.1 Å². The number of likely N-dealkylation sites (N-methyl/N-ethyl adjacent to an activating group) is 1. The van der Waals surface area contributed by atoms with Crippen molar-refractivity contribution in [3.05, 3.63) is 134 Å². The number of hydrogen-bond donors (Lipinski definition) is 1. The molecule has 0 aromatic carbocycles. The van der Waals surface area contributed by atoms with Crippen molar-refractivity contribution in [3.8, 4) is 0 Å². The van der Waals surface area contributed by atoms with Crippen molar-refractivity contribution in [1.82, 2.24) is 0 Å². The highest BCUT2D eigenvalue weighted by Gasteiger charge is 2.25. The number of allylic oxidation sites excluding steroid dienone is 22. The van der Waals surface area contributed by atoms with Gasteiger partial charge in [0.25, 0.3) is 6.29 Å². The second kappa shape index (κ2) is 56.6. The Kier molecular flexibility index (Phi) is 53.2. The fourth-order valence-electron chi connectivity index (χ4n) is 7.60. The van der Waals surface area contributed by atoms with Crippen molar-refractivity contribution in [1.29, 1.82) is 0 Å². The van der Waals surface area contributed by atoms with Gasteiger partial charge >= 0.3 is 17.9 Å². The van der Waals surface area contributed by atoms with Crippen LogP contribution in [0.25, 0.3) is 0 Å². The summed E-state index contributed by atoms with van der Waals surface area (Å²) in [5.41, 5.74) is 0. The molecule has 0 aromatic rings. The molecule has 0 saturated carbocycles. The summed E-state index contributed by atoms with van der Waals surface area (Å²) >= 11 is 0. The Hall–Kier alpha value is -4.57. The second-order valence-electron chi connectivity index (χ2n) is 20.6. The highest BCUT2D eigenvalue weighted by Crippen LogP contribution is 2.14. The van der Waals surface area contributed by atoms with Crippen LogP contribution in [0.1, 0.15) is 213 Å². The first kappa shape index (κ1) is 71.4. The van der Waals surface area contributed by atoms with Gasteiger partial charge in [0.1, 0.15) is 13.2 Å². The van der Waals surface area contributed by atoms with Gasteiger partial charge in [0.2, 0.25) is 0 Å². The minimum absolute atomic E-state index is 0.180. The van der Waals surface area contributed by atoms with Gasteiger partial charge in [-0.3, -0.25) is 9.59 Å². The molecule has 0 spiro atoms. The fraction of sp³-hybridized carbons (Fsp3) is 0.627.